The Balaban J connectivity index is 2.51. The lowest BCUT2D eigenvalue weighted by Gasteiger charge is -2.07. The number of aryl methyl sites for hydroxylation is 1. The molecule has 0 fully saturated rings. The Morgan fingerprint density at radius 2 is 2.25 bits per heavy atom. The number of nitrogens with two attached hydrogens (primary N) is 1. The van der Waals surface area contributed by atoms with Crippen LogP contribution in [0.4, 0.5) is 0 Å². The lowest BCUT2D eigenvalue weighted by Crippen LogP contribution is -2.01. The SMILES string of the molecule is Cc1cc(Br)c(-n2ccc(CN)n2)cc1Cl. The van der Waals surface area contributed by atoms with Crippen molar-refractivity contribution in [1.82, 2.24) is 9.78 Å². The van der Waals surface area contributed by atoms with Gasteiger partial charge < -0.3 is 5.73 Å². The maximum absolute atomic E-state index is 6.09. The molecule has 0 spiro atoms. The van der Waals surface area contributed by atoms with E-state index in [0.29, 0.717) is 6.54 Å². The fourth-order valence-corrected chi connectivity index (χ4v) is 2.21. The summed E-state index contributed by atoms with van der Waals surface area (Å²) >= 11 is 9.59. The zero-order valence-electron chi connectivity index (χ0n) is 8.74. The second-order valence-electron chi connectivity index (χ2n) is 3.51. The summed E-state index contributed by atoms with van der Waals surface area (Å²) in [6.45, 7) is 2.40. The molecule has 0 aliphatic rings. The number of hydrogen-bond donors (Lipinski definition) is 1. The molecule has 2 N–H and O–H groups in total. The maximum atomic E-state index is 6.09. The average molecular weight is 301 g/mol. The van der Waals surface area contributed by atoms with Gasteiger partial charge in [-0.15, -0.1) is 0 Å². The molecule has 0 aliphatic heterocycles. The first-order valence-electron chi connectivity index (χ1n) is 4.82. The van der Waals surface area contributed by atoms with Crippen molar-refractivity contribution in [3.63, 3.8) is 0 Å². The highest BCUT2D eigenvalue weighted by atomic mass is 79.9. The van der Waals surface area contributed by atoms with Gasteiger partial charge in [0.1, 0.15) is 0 Å². The standard InChI is InChI=1S/C11H11BrClN3/c1-7-4-9(12)11(5-10(7)13)16-3-2-8(6-14)15-16/h2-5H,6,14H2,1H3. The zero-order chi connectivity index (χ0) is 11.7. The molecule has 0 saturated carbocycles. The van der Waals surface area contributed by atoms with Crippen molar-refractivity contribution in [2.75, 3.05) is 0 Å². The van der Waals surface area contributed by atoms with Gasteiger partial charge in [0.05, 0.1) is 11.4 Å². The smallest absolute Gasteiger partial charge is 0.0802 e. The Bertz CT molecular complexity index is 522. The molecule has 0 amide bonds. The molecule has 0 aliphatic carbocycles. The number of benzene rings is 1. The zero-order valence-corrected chi connectivity index (χ0v) is 11.1. The summed E-state index contributed by atoms with van der Waals surface area (Å²) in [5, 5.41) is 5.06. The summed E-state index contributed by atoms with van der Waals surface area (Å²) in [7, 11) is 0. The topological polar surface area (TPSA) is 43.8 Å². The van der Waals surface area contributed by atoms with Crippen molar-refractivity contribution < 1.29 is 0 Å². The molecule has 0 saturated heterocycles. The minimum absolute atomic E-state index is 0.435. The molecule has 1 aromatic heterocycles. The summed E-state index contributed by atoms with van der Waals surface area (Å²) in [4.78, 5) is 0. The van der Waals surface area contributed by atoms with Gasteiger partial charge in [-0.1, -0.05) is 11.6 Å². The van der Waals surface area contributed by atoms with E-state index in [0.717, 1.165) is 26.4 Å². The predicted molar refractivity (Wildman–Crippen MR) is 68.9 cm³/mol. The first kappa shape index (κ1) is 11.6. The average Bonchev–Trinajstić information content (AvgIpc) is 2.71. The van der Waals surface area contributed by atoms with Crippen LogP contribution in [0, 0.1) is 6.92 Å². The number of aromatic nitrogens is 2. The van der Waals surface area contributed by atoms with Crippen molar-refractivity contribution in [2.45, 2.75) is 13.5 Å². The van der Waals surface area contributed by atoms with Gasteiger partial charge in [0.15, 0.2) is 0 Å². The molecule has 2 rings (SSSR count). The Hall–Kier alpha value is -0.840. The number of nitrogens with zero attached hydrogens (tertiary/aromatic N) is 2. The highest BCUT2D eigenvalue weighted by molar-refractivity contribution is 9.10. The molecule has 16 heavy (non-hydrogen) atoms. The fraction of sp³-hybridized carbons (Fsp3) is 0.182. The van der Waals surface area contributed by atoms with Crippen LogP contribution >= 0.6 is 27.5 Å². The van der Waals surface area contributed by atoms with Crippen LogP contribution in [-0.4, -0.2) is 9.78 Å². The lowest BCUT2D eigenvalue weighted by atomic mass is 10.2. The molecule has 5 heteroatoms. The molecular weight excluding hydrogens is 289 g/mol. The largest absolute Gasteiger partial charge is 0.325 e. The van der Waals surface area contributed by atoms with Gasteiger partial charge in [0, 0.05) is 22.2 Å². The molecular formula is C11H11BrClN3. The molecule has 0 bridgehead atoms. The second-order valence-corrected chi connectivity index (χ2v) is 4.77. The highest BCUT2D eigenvalue weighted by Crippen LogP contribution is 2.27. The minimum atomic E-state index is 0.435. The Morgan fingerprint density at radius 1 is 1.50 bits per heavy atom. The molecule has 1 aromatic carbocycles. The van der Waals surface area contributed by atoms with E-state index >= 15 is 0 Å². The first-order chi connectivity index (χ1) is 7.61. The predicted octanol–water partition coefficient (Wildman–Crippen LogP) is 3.06. The van der Waals surface area contributed by atoms with Crippen molar-refractivity contribution >= 4 is 27.5 Å². The fourth-order valence-electron chi connectivity index (χ4n) is 1.42. The molecule has 1 heterocycles. The van der Waals surface area contributed by atoms with E-state index in [2.05, 4.69) is 21.0 Å². The van der Waals surface area contributed by atoms with E-state index in [1.54, 1.807) is 4.68 Å². The number of hydrogen-bond acceptors (Lipinski definition) is 2. The van der Waals surface area contributed by atoms with E-state index in [9.17, 15) is 0 Å². The normalized spacial score (nSPS) is 10.8. The number of rotatable bonds is 2. The lowest BCUT2D eigenvalue weighted by molar-refractivity contribution is 0.830. The first-order valence-corrected chi connectivity index (χ1v) is 5.99. The highest BCUT2D eigenvalue weighted by Gasteiger charge is 2.07. The van der Waals surface area contributed by atoms with Gasteiger partial charge in [0.25, 0.3) is 0 Å². The van der Waals surface area contributed by atoms with Crippen molar-refractivity contribution in [3.05, 3.63) is 45.1 Å². The maximum Gasteiger partial charge on any atom is 0.0802 e. The summed E-state index contributed by atoms with van der Waals surface area (Å²) in [5.74, 6) is 0. The third kappa shape index (κ3) is 2.14. The van der Waals surface area contributed by atoms with Crippen molar-refractivity contribution in [1.29, 1.82) is 0 Å². The molecule has 2 aromatic rings. The van der Waals surface area contributed by atoms with Gasteiger partial charge in [-0.3, -0.25) is 0 Å². The van der Waals surface area contributed by atoms with Crippen LogP contribution in [0.2, 0.25) is 5.02 Å². The van der Waals surface area contributed by atoms with Crippen LogP contribution in [0.25, 0.3) is 5.69 Å². The van der Waals surface area contributed by atoms with Crippen LogP contribution in [-0.2, 0) is 6.54 Å². The molecule has 3 nitrogen and oxygen atoms in total. The summed E-state index contributed by atoms with van der Waals surface area (Å²) in [6, 6.07) is 5.75. The van der Waals surface area contributed by atoms with E-state index in [4.69, 9.17) is 17.3 Å². The van der Waals surface area contributed by atoms with Gasteiger partial charge >= 0.3 is 0 Å². The summed E-state index contributed by atoms with van der Waals surface area (Å²) in [6.07, 6.45) is 1.87. The molecule has 0 atom stereocenters. The van der Waals surface area contributed by atoms with Crippen LogP contribution in [0.5, 0.6) is 0 Å². The third-order valence-electron chi connectivity index (χ3n) is 2.33. The minimum Gasteiger partial charge on any atom is -0.325 e. The van der Waals surface area contributed by atoms with E-state index in [-0.39, 0.29) is 0 Å². The molecule has 84 valence electrons. The van der Waals surface area contributed by atoms with Gasteiger partial charge in [-0.25, -0.2) is 4.68 Å². The number of halogens is 2. The van der Waals surface area contributed by atoms with E-state index in [1.807, 2.05) is 31.3 Å². The van der Waals surface area contributed by atoms with E-state index in [1.165, 1.54) is 0 Å². The molecule has 0 radical (unpaired) electrons. The Morgan fingerprint density at radius 3 is 2.88 bits per heavy atom. The molecule has 0 unspecified atom stereocenters. The van der Waals surface area contributed by atoms with Crippen molar-refractivity contribution in [3.8, 4) is 5.69 Å². The summed E-state index contributed by atoms with van der Waals surface area (Å²) < 4.78 is 2.72. The van der Waals surface area contributed by atoms with Gasteiger partial charge in [0.2, 0.25) is 0 Å². The third-order valence-corrected chi connectivity index (χ3v) is 3.37. The Labute approximate surface area is 107 Å². The second kappa shape index (κ2) is 4.57. The van der Waals surface area contributed by atoms with Gasteiger partial charge in [-0.05, 0) is 46.6 Å². The van der Waals surface area contributed by atoms with Gasteiger partial charge in [-0.2, -0.15) is 5.10 Å². The van der Waals surface area contributed by atoms with Crippen LogP contribution < -0.4 is 5.73 Å². The quantitative estimate of drug-likeness (QED) is 0.926. The summed E-state index contributed by atoms with van der Waals surface area (Å²) in [5.41, 5.74) is 8.31. The van der Waals surface area contributed by atoms with Crippen LogP contribution in [0.15, 0.2) is 28.9 Å². The van der Waals surface area contributed by atoms with Crippen LogP contribution in [0.1, 0.15) is 11.3 Å². The van der Waals surface area contributed by atoms with E-state index < -0.39 is 0 Å². The van der Waals surface area contributed by atoms with Crippen LogP contribution in [0.3, 0.4) is 0 Å². The monoisotopic (exact) mass is 299 g/mol. The Kier molecular flexibility index (Phi) is 3.33. The van der Waals surface area contributed by atoms with Crippen molar-refractivity contribution in [2.24, 2.45) is 5.73 Å².